The van der Waals surface area contributed by atoms with Crippen molar-refractivity contribution in [3.05, 3.63) is 68.7 Å². The maximum Gasteiger partial charge on any atom is 0.315 e. The van der Waals surface area contributed by atoms with Crippen LogP contribution in [-0.4, -0.2) is 25.0 Å². The van der Waals surface area contributed by atoms with Crippen molar-refractivity contribution in [1.82, 2.24) is 16.0 Å². The van der Waals surface area contributed by atoms with E-state index < -0.39 is 0 Å². The Morgan fingerprint density at radius 3 is 2.16 bits per heavy atom. The summed E-state index contributed by atoms with van der Waals surface area (Å²) in [6.45, 7) is 1.70. The van der Waals surface area contributed by atoms with Crippen LogP contribution < -0.4 is 16.0 Å². The van der Waals surface area contributed by atoms with Crippen LogP contribution in [-0.2, 0) is 6.54 Å². The quantitative estimate of drug-likeness (QED) is 0.475. The second-order valence-corrected chi connectivity index (χ2v) is 9.11. The van der Waals surface area contributed by atoms with Gasteiger partial charge in [-0.05, 0) is 67.3 Å². The normalized spacial score (nSPS) is 18.3. The van der Waals surface area contributed by atoms with E-state index in [-0.39, 0.29) is 17.0 Å². The number of amides is 3. The minimum Gasteiger partial charge on any atom is -0.352 e. The second-order valence-electron chi connectivity index (χ2n) is 7.89. The third-order valence-electron chi connectivity index (χ3n) is 5.61. The fourth-order valence-corrected chi connectivity index (χ4v) is 4.38. The minimum atomic E-state index is -0.201. The molecule has 0 saturated heterocycles. The minimum absolute atomic E-state index is 0.173. The number of rotatable bonds is 7. The van der Waals surface area contributed by atoms with Gasteiger partial charge in [0.1, 0.15) is 0 Å². The van der Waals surface area contributed by atoms with Crippen LogP contribution in [0.3, 0.4) is 0 Å². The summed E-state index contributed by atoms with van der Waals surface area (Å²) in [5.41, 5.74) is 1.36. The lowest BCUT2D eigenvalue weighted by Crippen LogP contribution is -2.39. The Bertz CT molecular complexity index is 915. The van der Waals surface area contributed by atoms with Gasteiger partial charge in [0.05, 0.1) is 15.6 Å². The maximum absolute atomic E-state index is 12.4. The van der Waals surface area contributed by atoms with E-state index in [9.17, 15) is 9.59 Å². The summed E-state index contributed by atoms with van der Waals surface area (Å²) in [7, 11) is 0. The average Bonchev–Trinajstić information content (AvgIpc) is 2.77. The van der Waals surface area contributed by atoms with Gasteiger partial charge in [0, 0.05) is 24.7 Å². The number of nitrogens with one attached hydrogen (secondary N) is 3. The fourth-order valence-electron chi connectivity index (χ4n) is 3.78. The Labute approximate surface area is 197 Å². The molecule has 0 unspecified atom stereocenters. The second kappa shape index (κ2) is 11.6. The summed E-state index contributed by atoms with van der Waals surface area (Å²) in [5.74, 6) is 0.675. The van der Waals surface area contributed by atoms with Gasteiger partial charge in [-0.2, -0.15) is 0 Å². The van der Waals surface area contributed by atoms with E-state index in [1.165, 1.54) is 0 Å². The number of urea groups is 1. The van der Waals surface area contributed by atoms with E-state index in [0.29, 0.717) is 47.1 Å². The van der Waals surface area contributed by atoms with Gasteiger partial charge in [-0.25, -0.2) is 4.79 Å². The smallest absolute Gasteiger partial charge is 0.315 e. The van der Waals surface area contributed by atoms with E-state index in [0.717, 1.165) is 31.2 Å². The number of hydrogen-bond acceptors (Lipinski definition) is 2. The van der Waals surface area contributed by atoms with Gasteiger partial charge < -0.3 is 16.0 Å². The van der Waals surface area contributed by atoms with Crippen LogP contribution >= 0.6 is 34.8 Å². The van der Waals surface area contributed by atoms with Crippen LogP contribution in [0.4, 0.5) is 4.79 Å². The summed E-state index contributed by atoms with van der Waals surface area (Å²) in [5, 5.41) is 10.1. The third kappa shape index (κ3) is 7.30. The van der Waals surface area contributed by atoms with Crippen LogP contribution in [0, 0.1) is 11.8 Å². The van der Waals surface area contributed by atoms with Crippen LogP contribution in [0.25, 0.3) is 0 Å². The Kier molecular flexibility index (Phi) is 8.88. The Balaban J connectivity index is 1.32. The van der Waals surface area contributed by atoms with Crippen molar-refractivity contribution < 1.29 is 9.59 Å². The molecule has 0 spiro atoms. The lowest BCUT2D eigenvalue weighted by atomic mass is 9.82. The van der Waals surface area contributed by atoms with Crippen LogP contribution in [0.15, 0.2) is 42.5 Å². The predicted octanol–water partition coefficient (Wildman–Crippen LogP) is 5.68. The zero-order valence-corrected chi connectivity index (χ0v) is 19.4. The first-order valence-electron chi connectivity index (χ1n) is 10.4. The molecule has 0 atom stereocenters. The van der Waals surface area contributed by atoms with Gasteiger partial charge in [-0.3, -0.25) is 4.79 Å². The van der Waals surface area contributed by atoms with E-state index in [1.807, 2.05) is 18.2 Å². The molecule has 0 bridgehead atoms. The molecule has 166 valence electrons. The predicted molar refractivity (Wildman–Crippen MR) is 126 cm³/mol. The molecule has 5 nitrogen and oxygen atoms in total. The van der Waals surface area contributed by atoms with E-state index in [1.54, 1.807) is 24.3 Å². The molecule has 1 saturated carbocycles. The molecule has 0 aromatic heterocycles. The van der Waals surface area contributed by atoms with Gasteiger partial charge in [-0.15, -0.1) is 0 Å². The highest BCUT2D eigenvalue weighted by Crippen LogP contribution is 2.29. The summed E-state index contributed by atoms with van der Waals surface area (Å²) < 4.78 is 0. The Hall–Kier alpha value is -1.95. The monoisotopic (exact) mass is 481 g/mol. The average molecular weight is 483 g/mol. The zero-order chi connectivity index (χ0) is 22.2. The lowest BCUT2D eigenvalue weighted by molar-refractivity contribution is 0.0941. The largest absolute Gasteiger partial charge is 0.352 e. The first-order valence-corrected chi connectivity index (χ1v) is 11.5. The van der Waals surface area contributed by atoms with E-state index in [2.05, 4.69) is 16.0 Å². The maximum atomic E-state index is 12.4. The van der Waals surface area contributed by atoms with Crippen molar-refractivity contribution in [2.24, 2.45) is 11.8 Å². The van der Waals surface area contributed by atoms with Gasteiger partial charge in [0.25, 0.3) is 5.91 Å². The molecule has 1 fully saturated rings. The van der Waals surface area contributed by atoms with Crippen molar-refractivity contribution in [3.8, 4) is 0 Å². The number of hydrogen-bond donors (Lipinski definition) is 3. The number of carbonyl (C=O) groups excluding carboxylic acids is 2. The van der Waals surface area contributed by atoms with Crippen LogP contribution in [0.2, 0.25) is 15.1 Å². The molecular formula is C23H26Cl3N3O2. The van der Waals surface area contributed by atoms with Gasteiger partial charge in [0.15, 0.2) is 0 Å². The molecule has 1 aliphatic rings. The van der Waals surface area contributed by atoms with E-state index >= 15 is 0 Å². The standard InChI is InChI=1S/C23H26Cl3N3O2/c24-18-4-1-3-17(11-18)14-29-23(31)28-13-16-9-7-15(8-10-16)12-27-22(30)19-5-2-6-20(25)21(19)26/h1-6,11,15-16H,7-10,12-14H2,(H,27,30)(H2,28,29,31). The summed E-state index contributed by atoms with van der Waals surface area (Å²) in [6, 6.07) is 12.3. The highest BCUT2D eigenvalue weighted by atomic mass is 35.5. The summed E-state index contributed by atoms with van der Waals surface area (Å²) in [4.78, 5) is 24.4. The first kappa shape index (κ1) is 23.7. The van der Waals surface area contributed by atoms with Gasteiger partial charge in [0.2, 0.25) is 0 Å². The van der Waals surface area contributed by atoms with Gasteiger partial charge >= 0.3 is 6.03 Å². The molecule has 3 rings (SSSR count). The molecular weight excluding hydrogens is 457 g/mol. The molecule has 2 aromatic rings. The van der Waals surface area contributed by atoms with E-state index in [4.69, 9.17) is 34.8 Å². The molecule has 8 heteroatoms. The molecule has 0 heterocycles. The molecule has 2 aromatic carbocycles. The zero-order valence-electron chi connectivity index (χ0n) is 17.1. The molecule has 0 radical (unpaired) electrons. The van der Waals surface area contributed by atoms with Crippen molar-refractivity contribution in [1.29, 1.82) is 0 Å². The van der Waals surface area contributed by atoms with Crippen molar-refractivity contribution >= 4 is 46.7 Å². The van der Waals surface area contributed by atoms with Crippen molar-refractivity contribution in [2.75, 3.05) is 13.1 Å². The van der Waals surface area contributed by atoms with Crippen LogP contribution in [0.5, 0.6) is 0 Å². The Morgan fingerprint density at radius 1 is 0.839 bits per heavy atom. The van der Waals surface area contributed by atoms with Crippen molar-refractivity contribution in [3.63, 3.8) is 0 Å². The highest BCUT2D eigenvalue weighted by Gasteiger charge is 2.22. The highest BCUT2D eigenvalue weighted by molar-refractivity contribution is 6.43. The molecule has 0 aliphatic heterocycles. The summed E-state index contributed by atoms with van der Waals surface area (Å²) in [6.07, 6.45) is 4.07. The molecule has 3 amide bonds. The SMILES string of the molecule is O=C(NCc1cccc(Cl)c1)NCC1CCC(CNC(=O)c2cccc(Cl)c2Cl)CC1. The number of halogens is 3. The lowest BCUT2D eigenvalue weighted by Gasteiger charge is -2.28. The molecule has 1 aliphatic carbocycles. The third-order valence-corrected chi connectivity index (χ3v) is 6.66. The fraction of sp³-hybridized carbons (Fsp3) is 0.391. The van der Waals surface area contributed by atoms with Crippen molar-refractivity contribution in [2.45, 2.75) is 32.2 Å². The number of carbonyl (C=O) groups is 2. The Morgan fingerprint density at radius 2 is 1.48 bits per heavy atom. The first-order chi connectivity index (χ1) is 14.9. The summed E-state index contributed by atoms with van der Waals surface area (Å²) >= 11 is 18.1. The number of benzene rings is 2. The molecule has 31 heavy (non-hydrogen) atoms. The molecule has 3 N–H and O–H groups in total. The van der Waals surface area contributed by atoms with Crippen LogP contribution in [0.1, 0.15) is 41.6 Å². The van der Waals surface area contributed by atoms with Gasteiger partial charge in [-0.1, -0.05) is 53.0 Å². The topological polar surface area (TPSA) is 70.2 Å².